The lowest BCUT2D eigenvalue weighted by Gasteiger charge is -2.32. The zero-order valence-corrected chi connectivity index (χ0v) is 25.5. The van der Waals surface area contributed by atoms with E-state index in [1.54, 1.807) is 17.0 Å². The summed E-state index contributed by atoms with van der Waals surface area (Å²) in [6.07, 6.45) is 3.80. The first kappa shape index (κ1) is 31.9. The number of hydrogen-bond donors (Lipinski definition) is 1. The number of carbonyl (C=O) groups is 2. The third kappa shape index (κ3) is 9.74. The molecule has 0 spiro atoms. The molecule has 7 nitrogen and oxygen atoms in total. The van der Waals surface area contributed by atoms with E-state index in [-0.39, 0.29) is 31.3 Å². The molecular weight excluding hydrogens is 534 g/mol. The van der Waals surface area contributed by atoms with Crippen LogP contribution in [0.3, 0.4) is 0 Å². The van der Waals surface area contributed by atoms with Gasteiger partial charge in [-0.1, -0.05) is 91.7 Å². The Balaban J connectivity index is 1.88. The normalized spacial score (nSPS) is 12.0. The Kier molecular flexibility index (Phi) is 12.0. The minimum absolute atomic E-state index is 0.108. The van der Waals surface area contributed by atoms with Gasteiger partial charge < -0.3 is 10.2 Å². The number of carbonyl (C=O) groups excluding carboxylic acids is 2. The quantitative estimate of drug-likeness (QED) is 0.245. The number of rotatable bonds is 15. The zero-order valence-electron chi connectivity index (χ0n) is 24.7. The molecule has 3 aromatic rings. The lowest BCUT2D eigenvalue weighted by atomic mass is 10.0. The van der Waals surface area contributed by atoms with Gasteiger partial charge in [-0.25, -0.2) is 8.42 Å². The minimum Gasteiger partial charge on any atom is -0.354 e. The molecule has 2 amide bonds. The van der Waals surface area contributed by atoms with E-state index in [2.05, 4.69) is 12.2 Å². The van der Waals surface area contributed by atoms with Crippen molar-refractivity contribution in [1.82, 2.24) is 10.2 Å². The number of para-hydroxylation sites is 1. The number of nitrogens with zero attached hydrogens (tertiary/aromatic N) is 2. The maximum atomic E-state index is 13.9. The number of unbranched alkanes of at least 4 members (excludes halogenated alkanes) is 1. The molecule has 0 bridgehead atoms. The van der Waals surface area contributed by atoms with E-state index < -0.39 is 16.1 Å². The first-order valence-electron chi connectivity index (χ1n) is 14.3. The Morgan fingerprint density at radius 1 is 0.878 bits per heavy atom. The number of nitrogens with one attached hydrogen (secondary N) is 1. The van der Waals surface area contributed by atoms with Gasteiger partial charge in [-0.15, -0.1) is 0 Å². The maximum absolute atomic E-state index is 13.9. The lowest BCUT2D eigenvalue weighted by molar-refractivity contribution is -0.141. The second-order valence-electron chi connectivity index (χ2n) is 10.6. The van der Waals surface area contributed by atoms with E-state index in [4.69, 9.17) is 0 Å². The molecular formula is C33H43N3O4S. The van der Waals surface area contributed by atoms with Crippen LogP contribution >= 0.6 is 0 Å². The van der Waals surface area contributed by atoms with Gasteiger partial charge >= 0.3 is 0 Å². The molecule has 0 aromatic heterocycles. The summed E-state index contributed by atoms with van der Waals surface area (Å²) in [6.45, 7) is 6.94. The van der Waals surface area contributed by atoms with Crippen LogP contribution in [-0.2, 0) is 32.6 Å². The van der Waals surface area contributed by atoms with Gasteiger partial charge in [0.1, 0.15) is 6.04 Å². The van der Waals surface area contributed by atoms with Gasteiger partial charge in [0.2, 0.25) is 21.8 Å². The van der Waals surface area contributed by atoms with Crippen LogP contribution in [0.25, 0.3) is 0 Å². The van der Waals surface area contributed by atoms with E-state index in [0.29, 0.717) is 25.1 Å². The summed E-state index contributed by atoms with van der Waals surface area (Å²) in [6, 6.07) is 24.3. The van der Waals surface area contributed by atoms with Crippen molar-refractivity contribution in [3.8, 4) is 0 Å². The predicted octanol–water partition coefficient (Wildman–Crippen LogP) is 5.41. The largest absolute Gasteiger partial charge is 0.354 e. The van der Waals surface area contributed by atoms with Crippen LogP contribution in [0, 0.1) is 13.8 Å². The van der Waals surface area contributed by atoms with Gasteiger partial charge in [-0.05, 0) is 49.4 Å². The van der Waals surface area contributed by atoms with Crippen molar-refractivity contribution in [2.45, 2.75) is 65.5 Å². The summed E-state index contributed by atoms with van der Waals surface area (Å²) in [7, 11) is -3.55. The third-order valence-electron chi connectivity index (χ3n) is 7.07. The highest BCUT2D eigenvalue weighted by atomic mass is 32.2. The molecule has 0 aliphatic heterocycles. The van der Waals surface area contributed by atoms with E-state index in [1.807, 2.05) is 80.6 Å². The average molecular weight is 578 g/mol. The van der Waals surface area contributed by atoms with E-state index >= 15 is 0 Å². The van der Waals surface area contributed by atoms with Crippen LogP contribution in [0.15, 0.2) is 78.9 Å². The number of sulfonamides is 1. The Labute approximate surface area is 245 Å². The summed E-state index contributed by atoms with van der Waals surface area (Å²) < 4.78 is 26.7. The zero-order chi connectivity index (χ0) is 29.8. The Morgan fingerprint density at radius 3 is 2.22 bits per heavy atom. The van der Waals surface area contributed by atoms with Gasteiger partial charge in [0.15, 0.2) is 0 Å². The van der Waals surface area contributed by atoms with Crippen molar-refractivity contribution >= 4 is 27.5 Å². The summed E-state index contributed by atoms with van der Waals surface area (Å²) >= 11 is 0. The number of benzene rings is 3. The lowest BCUT2D eigenvalue weighted by Crippen LogP contribution is -2.50. The molecule has 0 unspecified atom stereocenters. The smallest absolute Gasteiger partial charge is 0.243 e. The molecule has 3 rings (SSSR count). The molecule has 3 aromatic carbocycles. The fourth-order valence-corrected chi connectivity index (χ4v) is 5.92. The second kappa shape index (κ2) is 15.4. The van der Waals surface area contributed by atoms with E-state index in [1.165, 1.54) is 10.6 Å². The number of aryl methyl sites for hydroxylation is 2. The van der Waals surface area contributed by atoms with E-state index in [9.17, 15) is 18.0 Å². The molecule has 0 aliphatic rings. The van der Waals surface area contributed by atoms with E-state index in [0.717, 1.165) is 35.1 Å². The number of hydrogen-bond acceptors (Lipinski definition) is 4. The van der Waals surface area contributed by atoms with Crippen molar-refractivity contribution < 1.29 is 18.0 Å². The summed E-state index contributed by atoms with van der Waals surface area (Å²) in [4.78, 5) is 29.1. The molecule has 0 heterocycles. The standard InChI is InChI=1S/C33H43N3O4S/c1-5-6-21-34-33(38)31(24-28-16-8-7-9-17-28)35(25-29-18-12-14-26(2)23-29)32(37)20-13-22-36(41(4,39)40)30-19-11-10-15-27(30)3/h7-12,14-19,23,31H,5-6,13,20-22,24-25H2,1-4H3,(H,34,38)/t31-/m0/s1. The van der Waals surface area contributed by atoms with Gasteiger partial charge in [0.25, 0.3) is 0 Å². The summed E-state index contributed by atoms with van der Waals surface area (Å²) in [5.74, 6) is -0.364. The van der Waals surface area contributed by atoms with Gasteiger partial charge in [0.05, 0.1) is 11.9 Å². The second-order valence-corrected chi connectivity index (χ2v) is 12.5. The molecule has 0 radical (unpaired) electrons. The molecule has 220 valence electrons. The van der Waals surface area contributed by atoms with Crippen LogP contribution in [0.1, 0.15) is 54.9 Å². The fraction of sp³-hybridized carbons (Fsp3) is 0.394. The van der Waals surface area contributed by atoms with Crippen LogP contribution in [-0.4, -0.2) is 50.5 Å². The van der Waals surface area contributed by atoms with Crippen molar-refractivity contribution in [2.75, 3.05) is 23.7 Å². The molecule has 0 saturated carbocycles. The molecule has 0 aliphatic carbocycles. The van der Waals surface area contributed by atoms with Crippen LogP contribution in [0.4, 0.5) is 5.69 Å². The van der Waals surface area contributed by atoms with Crippen molar-refractivity contribution in [3.63, 3.8) is 0 Å². The first-order chi connectivity index (χ1) is 19.6. The van der Waals surface area contributed by atoms with Gasteiger partial charge in [-0.2, -0.15) is 0 Å². The molecule has 8 heteroatoms. The minimum atomic E-state index is -3.55. The van der Waals surface area contributed by atoms with Gasteiger partial charge in [0, 0.05) is 32.5 Å². The Morgan fingerprint density at radius 2 is 1.56 bits per heavy atom. The highest BCUT2D eigenvalue weighted by Gasteiger charge is 2.30. The summed E-state index contributed by atoms with van der Waals surface area (Å²) in [5, 5.41) is 3.04. The van der Waals surface area contributed by atoms with Crippen LogP contribution in [0.5, 0.6) is 0 Å². The van der Waals surface area contributed by atoms with Crippen molar-refractivity contribution in [3.05, 3.63) is 101 Å². The first-order valence-corrected chi connectivity index (χ1v) is 16.1. The Hall–Kier alpha value is -3.65. The molecule has 1 N–H and O–H groups in total. The molecule has 0 saturated heterocycles. The van der Waals surface area contributed by atoms with Crippen molar-refractivity contribution in [2.24, 2.45) is 0 Å². The number of anilines is 1. The molecule has 1 atom stereocenters. The monoisotopic (exact) mass is 577 g/mol. The maximum Gasteiger partial charge on any atom is 0.243 e. The molecule has 0 fully saturated rings. The Bertz CT molecular complexity index is 1390. The summed E-state index contributed by atoms with van der Waals surface area (Å²) in [5.41, 5.74) is 4.43. The van der Waals surface area contributed by atoms with Crippen LogP contribution < -0.4 is 9.62 Å². The van der Waals surface area contributed by atoms with Gasteiger partial charge in [-0.3, -0.25) is 13.9 Å². The average Bonchev–Trinajstić information content (AvgIpc) is 2.93. The number of amides is 2. The highest BCUT2D eigenvalue weighted by Crippen LogP contribution is 2.23. The third-order valence-corrected chi connectivity index (χ3v) is 8.25. The highest BCUT2D eigenvalue weighted by molar-refractivity contribution is 7.92. The fourth-order valence-electron chi connectivity index (χ4n) is 4.89. The van der Waals surface area contributed by atoms with Crippen molar-refractivity contribution in [1.29, 1.82) is 0 Å². The topological polar surface area (TPSA) is 86.8 Å². The predicted molar refractivity (Wildman–Crippen MR) is 166 cm³/mol. The van der Waals surface area contributed by atoms with Crippen LogP contribution in [0.2, 0.25) is 0 Å². The SMILES string of the molecule is CCCCNC(=O)[C@H](Cc1ccccc1)N(Cc1cccc(C)c1)C(=O)CCCN(c1ccccc1C)S(C)(=O)=O. The molecule has 41 heavy (non-hydrogen) atoms.